The topological polar surface area (TPSA) is 100 Å². The molecule has 1 atom stereocenters. The number of furan rings is 1. The Bertz CT molecular complexity index is 842. The maximum absolute atomic E-state index is 9.73. The van der Waals surface area contributed by atoms with Gasteiger partial charge >= 0.3 is 0 Å². The predicted octanol–water partition coefficient (Wildman–Crippen LogP) is 1.72. The predicted molar refractivity (Wildman–Crippen MR) is 95.6 cm³/mol. The van der Waals surface area contributed by atoms with Gasteiger partial charge in [-0.05, 0) is 25.0 Å². The molecule has 138 valence electrons. The van der Waals surface area contributed by atoms with E-state index in [9.17, 15) is 5.11 Å². The molecule has 0 saturated heterocycles. The zero-order valence-corrected chi connectivity index (χ0v) is 14.5. The van der Waals surface area contributed by atoms with Crippen LogP contribution >= 0.6 is 0 Å². The van der Waals surface area contributed by atoms with Crippen molar-refractivity contribution in [3.05, 3.63) is 36.7 Å². The van der Waals surface area contributed by atoms with Crippen LogP contribution in [-0.4, -0.2) is 48.7 Å². The minimum atomic E-state index is -0.870. The van der Waals surface area contributed by atoms with Gasteiger partial charge in [0.2, 0.25) is 0 Å². The summed E-state index contributed by atoms with van der Waals surface area (Å²) in [5.41, 5.74) is 0.657. The molecule has 8 heteroatoms. The van der Waals surface area contributed by atoms with Crippen molar-refractivity contribution in [2.24, 2.45) is 0 Å². The monoisotopic (exact) mass is 357 g/mol. The van der Waals surface area contributed by atoms with E-state index in [0.29, 0.717) is 18.2 Å². The van der Waals surface area contributed by atoms with Crippen LogP contribution in [0.15, 0.2) is 35.3 Å². The molecule has 8 nitrogen and oxygen atoms in total. The molecule has 26 heavy (non-hydrogen) atoms. The van der Waals surface area contributed by atoms with Crippen LogP contribution in [-0.2, 0) is 13.1 Å². The molecule has 0 radical (unpaired) electrons. The molecule has 1 aliphatic rings. The summed E-state index contributed by atoms with van der Waals surface area (Å²) < 4.78 is 7.17. The number of hydrogen-bond donors (Lipinski definition) is 2. The van der Waals surface area contributed by atoms with Gasteiger partial charge in [-0.3, -0.25) is 0 Å². The third kappa shape index (κ3) is 3.30. The van der Waals surface area contributed by atoms with E-state index in [1.165, 1.54) is 19.2 Å². The van der Waals surface area contributed by atoms with E-state index in [1.54, 1.807) is 17.1 Å². The molecule has 0 aromatic carbocycles. The van der Waals surface area contributed by atoms with Crippen LogP contribution in [0.2, 0.25) is 0 Å². The summed E-state index contributed by atoms with van der Waals surface area (Å²) in [6.07, 6.45) is 8.78. The molecular weight excluding hydrogens is 334 g/mol. The zero-order valence-electron chi connectivity index (χ0n) is 14.5. The number of fused-ring (bicyclic) bond motifs is 1. The summed E-state index contributed by atoms with van der Waals surface area (Å²) in [7, 11) is 0. The van der Waals surface area contributed by atoms with E-state index < -0.39 is 6.10 Å². The van der Waals surface area contributed by atoms with Crippen molar-refractivity contribution in [1.29, 1.82) is 0 Å². The maximum atomic E-state index is 9.73. The number of hydrogen-bond acceptors (Lipinski definition) is 7. The third-order valence-electron chi connectivity index (χ3n) is 4.95. The van der Waals surface area contributed by atoms with Crippen LogP contribution in [0.4, 0.5) is 5.82 Å². The molecular formula is C18H23N5O3. The SMILES string of the molecule is OCC(O)Cn1ncc2c(N(Cc3ccco3)C3CCCC3)ncnc21. The maximum Gasteiger partial charge on any atom is 0.163 e. The highest BCUT2D eigenvalue weighted by atomic mass is 16.3. The van der Waals surface area contributed by atoms with Gasteiger partial charge in [-0.15, -0.1) is 0 Å². The lowest BCUT2D eigenvalue weighted by Gasteiger charge is -2.29. The van der Waals surface area contributed by atoms with Crippen LogP contribution in [0.3, 0.4) is 0 Å². The Kier molecular flexibility index (Phi) is 4.85. The largest absolute Gasteiger partial charge is 0.467 e. The van der Waals surface area contributed by atoms with Gasteiger partial charge < -0.3 is 19.5 Å². The summed E-state index contributed by atoms with van der Waals surface area (Å²) in [6, 6.07) is 4.28. The smallest absolute Gasteiger partial charge is 0.163 e. The lowest BCUT2D eigenvalue weighted by molar-refractivity contribution is 0.0792. The van der Waals surface area contributed by atoms with Gasteiger partial charge in [0.05, 0.1) is 43.6 Å². The molecule has 3 aromatic rings. The summed E-state index contributed by atoms with van der Waals surface area (Å²) >= 11 is 0. The first-order valence-corrected chi connectivity index (χ1v) is 9.00. The summed E-state index contributed by atoms with van der Waals surface area (Å²) in [5, 5.41) is 24.0. The molecule has 2 N–H and O–H groups in total. The molecule has 4 rings (SSSR count). The fourth-order valence-corrected chi connectivity index (χ4v) is 3.66. The normalized spacial score (nSPS) is 16.4. The molecule has 0 aliphatic heterocycles. The number of nitrogens with zero attached hydrogens (tertiary/aromatic N) is 5. The van der Waals surface area contributed by atoms with Crippen LogP contribution < -0.4 is 4.90 Å². The Morgan fingerprint density at radius 3 is 2.88 bits per heavy atom. The molecule has 0 bridgehead atoms. The number of anilines is 1. The Balaban J connectivity index is 1.71. The molecule has 1 fully saturated rings. The van der Waals surface area contributed by atoms with E-state index in [1.807, 2.05) is 12.1 Å². The van der Waals surface area contributed by atoms with Crippen molar-refractivity contribution in [1.82, 2.24) is 19.7 Å². The number of rotatable bonds is 7. The van der Waals surface area contributed by atoms with Gasteiger partial charge in [-0.25, -0.2) is 14.6 Å². The average molecular weight is 357 g/mol. The highest BCUT2D eigenvalue weighted by molar-refractivity contribution is 5.86. The van der Waals surface area contributed by atoms with Gasteiger partial charge in [0.15, 0.2) is 5.65 Å². The number of aliphatic hydroxyl groups is 2. The second kappa shape index (κ2) is 7.43. The van der Waals surface area contributed by atoms with E-state index >= 15 is 0 Å². The number of aromatic nitrogens is 4. The Labute approximate surface area is 151 Å². The molecule has 1 aliphatic carbocycles. The standard InChI is InChI=1S/C18H23N5O3/c24-11-14(25)9-23-18-16(8-21-23)17(19-12-20-18)22(13-4-1-2-5-13)10-15-6-3-7-26-15/h3,6-8,12-14,24-25H,1-2,4-5,9-11H2. The summed E-state index contributed by atoms with van der Waals surface area (Å²) in [6.45, 7) is 0.526. The average Bonchev–Trinajstić information content (AvgIpc) is 3.41. The van der Waals surface area contributed by atoms with Crippen LogP contribution in [0.1, 0.15) is 31.4 Å². The fourth-order valence-electron chi connectivity index (χ4n) is 3.66. The van der Waals surface area contributed by atoms with E-state index in [0.717, 1.165) is 29.8 Å². The van der Waals surface area contributed by atoms with E-state index in [2.05, 4.69) is 20.0 Å². The van der Waals surface area contributed by atoms with Crippen molar-refractivity contribution < 1.29 is 14.6 Å². The third-order valence-corrected chi connectivity index (χ3v) is 4.95. The highest BCUT2D eigenvalue weighted by Gasteiger charge is 2.27. The van der Waals surface area contributed by atoms with Crippen molar-refractivity contribution >= 4 is 16.9 Å². The van der Waals surface area contributed by atoms with Crippen molar-refractivity contribution in [3.63, 3.8) is 0 Å². The Hall–Kier alpha value is -2.45. The van der Waals surface area contributed by atoms with Crippen LogP contribution in [0, 0.1) is 0 Å². The second-order valence-electron chi connectivity index (χ2n) is 6.74. The van der Waals surface area contributed by atoms with Gasteiger partial charge in [-0.1, -0.05) is 12.8 Å². The van der Waals surface area contributed by atoms with Gasteiger partial charge in [-0.2, -0.15) is 5.10 Å². The van der Waals surface area contributed by atoms with E-state index in [-0.39, 0.29) is 13.2 Å². The van der Waals surface area contributed by atoms with Gasteiger partial charge in [0, 0.05) is 6.04 Å². The van der Waals surface area contributed by atoms with Crippen molar-refractivity contribution in [2.45, 2.75) is 50.9 Å². The first kappa shape index (κ1) is 17.0. The molecule has 1 unspecified atom stereocenters. The Morgan fingerprint density at radius 1 is 1.31 bits per heavy atom. The molecule has 0 spiro atoms. The van der Waals surface area contributed by atoms with Crippen molar-refractivity contribution in [2.75, 3.05) is 11.5 Å². The highest BCUT2D eigenvalue weighted by Crippen LogP contribution is 2.32. The quantitative estimate of drug-likeness (QED) is 0.664. The minimum Gasteiger partial charge on any atom is -0.467 e. The molecule has 0 amide bonds. The first-order valence-electron chi connectivity index (χ1n) is 9.00. The summed E-state index contributed by atoms with van der Waals surface area (Å²) in [5.74, 6) is 1.73. The molecule has 3 aromatic heterocycles. The molecule has 1 saturated carbocycles. The fraction of sp³-hybridized carbons (Fsp3) is 0.500. The van der Waals surface area contributed by atoms with Gasteiger partial charge in [0.25, 0.3) is 0 Å². The lowest BCUT2D eigenvalue weighted by atomic mass is 10.2. The number of aliphatic hydroxyl groups excluding tert-OH is 2. The first-order chi connectivity index (χ1) is 12.8. The molecule has 3 heterocycles. The van der Waals surface area contributed by atoms with Crippen LogP contribution in [0.25, 0.3) is 11.0 Å². The lowest BCUT2D eigenvalue weighted by Crippen LogP contribution is -2.33. The minimum absolute atomic E-state index is 0.193. The zero-order chi connectivity index (χ0) is 17.9. The van der Waals surface area contributed by atoms with E-state index in [4.69, 9.17) is 9.52 Å². The Morgan fingerprint density at radius 2 is 2.15 bits per heavy atom. The van der Waals surface area contributed by atoms with Crippen molar-refractivity contribution in [3.8, 4) is 0 Å². The van der Waals surface area contributed by atoms with Gasteiger partial charge in [0.1, 0.15) is 17.9 Å². The summed E-state index contributed by atoms with van der Waals surface area (Å²) in [4.78, 5) is 11.2. The second-order valence-corrected chi connectivity index (χ2v) is 6.74. The van der Waals surface area contributed by atoms with Crippen LogP contribution in [0.5, 0.6) is 0 Å².